The summed E-state index contributed by atoms with van der Waals surface area (Å²) in [5.74, 6) is 0. The van der Waals surface area contributed by atoms with Crippen LogP contribution in [-0.2, 0) is 17.8 Å². The van der Waals surface area contributed by atoms with Crippen molar-refractivity contribution in [2.75, 3.05) is 32.7 Å². The second-order valence-corrected chi connectivity index (χ2v) is 9.10. The molecule has 2 heterocycles. The van der Waals surface area contributed by atoms with Crippen LogP contribution in [0.1, 0.15) is 26.3 Å². The molecule has 2 aromatic rings. The van der Waals surface area contributed by atoms with Gasteiger partial charge in [-0.15, -0.1) is 0 Å². The Morgan fingerprint density at radius 2 is 1.69 bits per heavy atom. The van der Waals surface area contributed by atoms with Gasteiger partial charge in [0, 0.05) is 44.3 Å². The fourth-order valence-electron chi connectivity index (χ4n) is 3.15. The minimum absolute atomic E-state index is 0.242. The number of aromatic nitrogens is 2. The van der Waals surface area contributed by atoms with E-state index in [0.717, 1.165) is 17.1 Å². The summed E-state index contributed by atoms with van der Waals surface area (Å²) in [7, 11) is 0. The number of nitrogens with zero attached hydrogens (tertiary/aromatic N) is 4. The van der Waals surface area contributed by atoms with Crippen LogP contribution in [0.3, 0.4) is 0 Å². The SMILES string of the molecule is CC(C)(C)OC(=O)N1CCN(CCn2sc(=O)n(Cc3ccccc3)c2=O)CC1. The summed E-state index contributed by atoms with van der Waals surface area (Å²) in [6, 6.07) is 9.49. The fourth-order valence-corrected chi connectivity index (χ4v) is 3.93. The number of piperazine rings is 1. The standard InChI is InChI=1S/C20H28N4O4S/c1-20(2,3)28-18(26)22-12-9-21(10-13-22)11-14-24-17(25)23(19(27)29-24)15-16-7-5-4-6-8-16/h4-8H,9-15H2,1-3H3. The lowest BCUT2D eigenvalue weighted by Crippen LogP contribution is -2.50. The summed E-state index contributed by atoms with van der Waals surface area (Å²) >= 11 is 0.961. The van der Waals surface area contributed by atoms with E-state index in [2.05, 4.69) is 4.90 Å². The predicted octanol–water partition coefficient (Wildman–Crippen LogP) is 1.67. The van der Waals surface area contributed by atoms with Gasteiger partial charge in [0.05, 0.1) is 13.1 Å². The third-order valence-corrected chi connectivity index (χ3v) is 5.62. The van der Waals surface area contributed by atoms with Crippen molar-refractivity contribution in [1.29, 1.82) is 0 Å². The molecule has 0 atom stereocenters. The number of amides is 1. The van der Waals surface area contributed by atoms with Crippen LogP contribution < -0.4 is 10.6 Å². The number of benzene rings is 1. The maximum atomic E-state index is 12.6. The molecule has 1 aliphatic heterocycles. The molecule has 0 aliphatic carbocycles. The quantitative estimate of drug-likeness (QED) is 0.736. The van der Waals surface area contributed by atoms with E-state index in [4.69, 9.17) is 4.74 Å². The van der Waals surface area contributed by atoms with Gasteiger partial charge >= 0.3 is 16.7 Å². The predicted molar refractivity (Wildman–Crippen MR) is 113 cm³/mol. The van der Waals surface area contributed by atoms with E-state index in [9.17, 15) is 14.4 Å². The Labute approximate surface area is 174 Å². The smallest absolute Gasteiger partial charge is 0.410 e. The largest absolute Gasteiger partial charge is 0.444 e. The van der Waals surface area contributed by atoms with E-state index in [-0.39, 0.29) is 23.2 Å². The van der Waals surface area contributed by atoms with Crippen molar-refractivity contribution in [3.05, 3.63) is 56.0 Å². The first kappa shape index (κ1) is 21.3. The molecule has 0 spiro atoms. The molecule has 9 heteroatoms. The summed E-state index contributed by atoms with van der Waals surface area (Å²) < 4.78 is 8.21. The van der Waals surface area contributed by atoms with E-state index >= 15 is 0 Å². The minimum atomic E-state index is -0.500. The molecule has 1 saturated heterocycles. The van der Waals surface area contributed by atoms with Gasteiger partial charge in [-0.05, 0) is 26.3 Å². The van der Waals surface area contributed by atoms with Gasteiger partial charge in [-0.25, -0.2) is 18.1 Å². The highest BCUT2D eigenvalue weighted by Crippen LogP contribution is 2.12. The maximum Gasteiger partial charge on any atom is 0.410 e. The monoisotopic (exact) mass is 420 g/mol. The van der Waals surface area contributed by atoms with Crippen LogP contribution >= 0.6 is 11.5 Å². The molecule has 0 saturated carbocycles. The number of carbonyl (C=O) groups excluding carboxylic acids is 1. The number of carbonyl (C=O) groups is 1. The van der Waals surface area contributed by atoms with Crippen molar-refractivity contribution < 1.29 is 9.53 Å². The first-order valence-corrected chi connectivity index (χ1v) is 10.6. The lowest BCUT2D eigenvalue weighted by atomic mass is 10.2. The molecule has 1 amide bonds. The molecule has 0 bridgehead atoms. The van der Waals surface area contributed by atoms with Gasteiger partial charge in [0.15, 0.2) is 0 Å². The van der Waals surface area contributed by atoms with Crippen LogP contribution in [0.15, 0.2) is 39.9 Å². The van der Waals surface area contributed by atoms with Crippen molar-refractivity contribution in [3.63, 3.8) is 0 Å². The third-order valence-electron chi connectivity index (χ3n) is 4.68. The third kappa shape index (κ3) is 5.80. The van der Waals surface area contributed by atoms with Crippen molar-refractivity contribution in [3.8, 4) is 0 Å². The summed E-state index contributed by atoms with van der Waals surface area (Å²) in [4.78, 5) is 40.6. The molecule has 0 unspecified atom stereocenters. The normalized spacial score (nSPS) is 15.5. The molecule has 1 aromatic carbocycles. The van der Waals surface area contributed by atoms with Crippen molar-refractivity contribution in [2.24, 2.45) is 0 Å². The molecule has 3 rings (SSSR count). The lowest BCUT2D eigenvalue weighted by molar-refractivity contribution is 0.0143. The number of rotatable bonds is 5. The summed E-state index contributed by atoms with van der Waals surface area (Å²) in [5.41, 5.74) is 0.158. The molecule has 0 radical (unpaired) electrons. The van der Waals surface area contributed by atoms with Crippen LogP contribution in [-0.4, -0.2) is 62.7 Å². The van der Waals surface area contributed by atoms with Gasteiger partial charge in [0.2, 0.25) is 0 Å². The molecule has 1 fully saturated rings. The van der Waals surface area contributed by atoms with Crippen LogP contribution in [0, 0.1) is 0 Å². The average Bonchev–Trinajstić information content (AvgIpc) is 2.94. The van der Waals surface area contributed by atoms with Crippen molar-refractivity contribution in [1.82, 2.24) is 18.3 Å². The summed E-state index contributed by atoms with van der Waals surface area (Å²) in [6.07, 6.45) is -0.287. The van der Waals surface area contributed by atoms with Crippen LogP contribution in [0.5, 0.6) is 0 Å². The molecule has 8 nitrogen and oxygen atoms in total. The van der Waals surface area contributed by atoms with Gasteiger partial charge in [-0.2, -0.15) is 0 Å². The fraction of sp³-hybridized carbons (Fsp3) is 0.550. The van der Waals surface area contributed by atoms with Crippen molar-refractivity contribution >= 4 is 17.6 Å². The second kappa shape index (κ2) is 8.96. The Kier molecular flexibility index (Phi) is 6.59. The first-order valence-electron chi connectivity index (χ1n) is 9.78. The maximum absolute atomic E-state index is 12.6. The highest BCUT2D eigenvalue weighted by Gasteiger charge is 2.25. The van der Waals surface area contributed by atoms with E-state index in [1.807, 2.05) is 51.1 Å². The lowest BCUT2D eigenvalue weighted by Gasteiger charge is -2.35. The zero-order valence-electron chi connectivity index (χ0n) is 17.2. The molecule has 158 valence electrons. The zero-order chi connectivity index (χ0) is 21.0. The van der Waals surface area contributed by atoms with Gasteiger partial charge in [-0.3, -0.25) is 9.69 Å². The molecule has 29 heavy (non-hydrogen) atoms. The highest BCUT2D eigenvalue weighted by atomic mass is 32.1. The van der Waals surface area contributed by atoms with Gasteiger partial charge < -0.3 is 9.64 Å². The molecule has 0 N–H and O–H groups in total. The zero-order valence-corrected chi connectivity index (χ0v) is 18.0. The number of ether oxygens (including phenoxy) is 1. The topological polar surface area (TPSA) is 76.8 Å². The van der Waals surface area contributed by atoms with E-state index in [1.165, 1.54) is 8.52 Å². The van der Waals surface area contributed by atoms with E-state index in [0.29, 0.717) is 39.3 Å². The molecular formula is C20H28N4O4S. The Hall–Kier alpha value is -2.39. The van der Waals surface area contributed by atoms with Gasteiger partial charge in [0.25, 0.3) is 0 Å². The van der Waals surface area contributed by atoms with Crippen LogP contribution in [0.4, 0.5) is 4.79 Å². The summed E-state index contributed by atoms with van der Waals surface area (Å²) in [5, 5.41) is 0. The van der Waals surface area contributed by atoms with Gasteiger partial charge in [-0.1, -0.05) is 30.3 Å². The summed E-state index contributed by atoms with van der Waals surface area (Å²) in [6.45, 7) is 9.60. The first-order chi connectivity index (χ1) is 13.7. The number of hydrogen-bond acceptors (Lipinski definition) is 6. The minimum Gasteiger partial charge on any atom is -0.444 e. The molecular weight excluding hydrogens is 392 g/mol. The Morgan fingerprint density at radius 1 is 1.03 bits per heavy atom. The number of hydrogen-bond donors (Lipinski definition) is 0. The van der Waals surface area contributed by atoms with Crippen LogP contribution in [0.25, 0.3) is 0 Å². The van der Waals surface area contributed by atoms with Crippen LogP contribution in [0.2, 0.25) is 0 Å². The Morgan fingerprint density at radius 3 is 2.31 bits per heavy atom. The Balaban J connectivity index is 1.53. The Bertz CT molecular complexity index is 934. The van der Waals surface area contributed by atoms with Crippen molar-refractivity contribution in [2.45, 2.75) is 39.5 Å². The highest BCUT2D eigenvalue weighted by molar-refractivity contribution is 7.03. The van der Waals surface area contributed by atoms with E-state index in [1.54, 1.807) is 4.90 Å². The van der Waals surface area contributed by atoms with E-state index < -0.39 is 5.60 Å². The van der Waals surface area contributed by atoms with Gasteiger partial charge in [0.1, 0.15) is 5.60 Å². The average molecular weight is 421 g/mol. The second-order valence-electron chi connectivity index (χ2n) is 8.12. The molecule has 1 aliphatic rings. The molecule has 1 aromatic heterocycles.